The van der Waals surface area contributed by atoms with Crippen molar-refractivity contribution in [3.05, 3.63) is 53.5 Å². The van der Waals surface area contributed by atoms with Gasteiger partial charge in [-0.1, -0.05) is 25.1 Å². The smallest absolute Gasteiger partial charge is 0.0975 e. The normalized spacial score (nSPS) is 16.7. The molecule has 0 unspecified atom stereocenters. The van der Waals surface area contributed by atoms with E-state index in [9.17, 15) is 5.11 Å². The van der Waals surface area contributed by atoms with Gasteiger partial charge < -0.3 is 10.1 Å². The zero-order valence-electron chi connectivity index (χ0n) is 14.8. The van der Waals surface area contributed by atoms with Crippen LogP contribution < -0.4 is 0 Å². The fourth-order valence-electron chi connectivity index (χ4n) is 3.73. The quantitative estimate of drug-likeness (QED) is 0.751. The SMILES string of the molecule is CC[C@H](O)c1cc2n(n1)CCCN(CCc1c[nH]c3ccccc13)C2. The molecule has 1 atom stereocenters. The maximum Gasteiger partial charge on any atom is 0.0975 e. The van der Waals surface area contributed by atoms with E-state index in [4.69, 9.17) is 0 Å². The van der Waals surface area contributed by atoms with Crippen LogP contribution in [-0.2, 0) is 19.5 Å². The average molecular weight is 338 g/mol. The molecular weight excluding hydrogens is 312 g/mol. The Kier molecular flexibility index (Phi) is 4.59. The number of rotatable bonds is 5. The lowest BCUT2D eigenvalue weighted by molar-refractivity contribution is 0.167. The van der Waals surface area contributed by atoms with Crippen LogP contribution in [0, 0.1) is 0 Å². The maximum absolute atomic E-state index is 10.1. The van der Waals surface area contributed by atoms with Gasteiger partial charge in [0.05, 0.1) is 17.5 Å². The number of aliphatic hydroxyl groups excluding tert-OH is 1. The number of hydrogen-bond donors (Lipinski definition) is 2. The first-order valence-electron chi connectivity index (χ1n) is 9.26. The van der Waals surface area contributed by atoms with Crippen LogP contribution in [0.1, 0.15) is 42.8 Å². The van der Waals surface area contributed by atoms with Gasteiger partial charge in [0.25, 0.3) is 0 Å². The summed E-state index contributed by atoms with van der Waals surface area (Å²) in [6.07, 6.45) is 4.55. The van der Waals surface area contributed by atoms with Crippen LogP contribution in [0.25, 0.3) is 10.9 Å². The van der Waals surface area contributed by atoms with E-state index < -0.39 is 6.10 Å². The lowest BCUT2D eigenvalue weighted by atomic mass is 10.1. The summed E-state index contributed by atoms with van der Waals surface area (Å²) in [5, 5.41) is 16.0. The molecule has 5 heteroatoms. The summed E-state index contributed by atoms with van der Waals surface area (Å²) >= 11 is 0. The van der Waals surface area contributed by atoms with Crippen molar-refractivity contribution >= 4 is 10.9 Å². The summed E-state index contributed by atoms with van der Waals surface area (Å²) in [5.41, 5.74) is 4.63. The second-order valence-electron chi connectivity index (χ2n) is 6.95. The summed E-state index contributed by atoms with van der Waals surface area (Å²) in [6, 6.07) is 10.6. The Hall–Kier alpha value is -2.11. The van der Waals surface area contributed by atoms with Crippen molar-refractivity contribution in [2.45, 2.75) is 45.4 Å². The van der Waals surface area contributed by atoms with E-state index >= 15 is 0 Å². The van der Waals surface area contributed by atoms with Crippen molar-refractivity contribution < 1.29 is 5.11 Å². The fraction of sp³-hybridized carbons (Fsp3) is 0.450. The zero-order chi connectivity index (χ0) is 17.2. The third kappa shape index (κ3) is 3.34. The van der Waals surface area contributed by atoms with Gasteiger partial charge in [0.15, 0.2) is 0 Å². The number of nitrogens with zero attached hydrogens (tertiary/aromatic N) is 3. The second kappa shape index (κ2) is 7.02. The molecule has 2 aromatic heterocycles. The largest absolute Gasteiger partial charge is 0.387 e. The summed E-state index contributed by atoms with van der Waals surface area (Å²) < 4.78 is 2.08. The summed E-state index contributed by atoms with van der Waals surface area (Å²) in [5.74, 6) is 0. The van der Waals surface area contributed by atoms with E-state index in [0.717, 1.165) is 44.7 Å². The third-order valence-corrected chi connectivity index (χ3v) is 5.21. The van der Waals surface area contributed by atoms with Crippen LogP contribution in [-0.4, -0.2) is 37.9 Å². The molecule has 132 valence electrons. The van der Waals surface area contributed by atoms with Gasteiger partial charge in [-0.3, -0.25) is 9.58 Å². The van der Waals surface area contributed by atoms with Crippen LogP contribution in [0.4, 0.5) is 0 Å². The summed E-state index contributed by atoms with van der Waals surface area (Å²) in [4.78, 5) is 5.87. The Morgan fingerprint density at radius 2 is 2.16 bits per heavy atom. The Labute approximate surface area is 148 Å². The van der Waals surface area contributed by atoms with Crippen molar-refractivity contribution in [2.24, 2.45) is 0 Å². The molecule has 4 rings (SSSR count). The predicted octanol–water partition coefficient (Wildman–Crippen LogP) is 3.26. The maximum atomic E-state index is 10.1. The minimum absolute atomic E-state index is 0.445. The standard InChI is InChI=1S/C20H26N4O/c1-2-20(25)19-12-16-14-23(9-5-10-24(16)22-19)11-8-15-13-21-18-7-4-3-6-17(15)18/h3-4,6-7,12-13,20-21,25H,2,5,8-11,14H2,1H3/t20-/m0/s1. The zero-order valence-corrected chi connectivity index (χ0v) is 14.8. The number of aryl methyl sites for hydroxylation is 1. The molecule has 0 saturated carbocycles. The number of para-hydroxylation sites is 1. The molecule has 0 spiro atoms. The topological polar surface area (TPSA) is 57.1 Å². The number of benzene rings is 1. The molecular formula is C20H26N4O. The van der Waals surface area contributed by atoms with Gasteiger partial charge >= 0.3 is 0 Å². The Morgan fingerprint density at radius 1 is 1.28 bits per heavy atom. The Bertz CT molecular complexity index is 850. The summed E-state index contributed by atoms with van der Waals surface area (Å²) in [6.45, 7) is 5.97. The molecule has 3 aromatic rings. The van der Waals surface area contributed by atoms with E-state index in [-0.39, 0.29) is 0 Å². The van der Waals surface area contributed by atoms with Crippen molar-refractivity contribution in [1.29, 1.82) is 0 Å². The molecule has 0 radical (unpaired) electrons. The van der Waals surface area contributed by atoms with E-state index in [2.05, 4.69) is 56.2 Å². The van der Waals surface area contributed by atoms with Gasteiger partial charge in [-0.25, -0.2) is 0 Å². The number of nitrogens with one attached hydrogen (secondary N) is 1. The van der Waals surface area contributed by atoms with Gasteiger partial charge in [-0.05, 0) is 37.0 Å². The first kappa shape index (κ1) is 16.4. The molecule has 2 N–H and O–H groups in total. The molecule has 3 heterocycles. The Morgan fingerprint density at radius 3 is 3.04 bits per heavy atom. The third-order valence-electron chi connectivity index (χ3n) is 5.21. The van der Waals surface area contributed by atoms with Crippen LogP contribution in [0.5, 0.6) is 0 Å². The number of aromatic amines is 1. The minimum Gasteiger partial charge on any atom is -0.387 e. The van der Waals surface area contributed by atoms with Gasteiger partial charge in [0.1, 0.15) is 0 Å². The first-order valence-corrected chi connectivity index (χ1v) is 9.26. The Balaban J connectivity index is 1.45. The molecule has 25 heavy (non-hydrogen) atoms. The molecule has 0 fully saturated rings. The fourth-order valence-corrected chi connectivity index (χ4v) is 3.73. The van der Waals surface area contributed by atoms with Gasteiger partial charge in [-0.15, -0.1) is 0 Å². The highest BCUT2D eigenvalue weighted by atomic mass is 16.3. The van der Waals surface area contributed by atoms with Crippen LogP contribution in [0.15, 0.2) is 36.5 Å². The highest BCUT2D eigenvalue weighted by Crippen LogP contribution is 2.21. The minimum atomic E-state index is -0.445. The van der Waals surface area contributed by atoms with E-state index in [1.165, 1.54) is 22.2 Å². The lowest BCUT2D eigenvalue weighted by Gasteiger charge is -2.19. The van der Waals surface area contributed by atoms with Gasteiger partial charge in [0, 0.05) is 43.3 Å². The first-order chi connectivity index (χ1) is 12.2. The number of hydrogen-bond acceptors (Lipinski definition) is 3. The number of aliphatic hydroxyl groups is 1. The van der Waals surface area contributed by atoms with Crippen molar-refractivity contribution in [3.63, 3.8) is 0 Å². The monoisotopic (exact) mass is 338 g/mol. The predicted molar refractivity (Wildman–Crippen MR) is 99.4 cm³/mol. The van der Waals surface area contributed by atoms with E-state index in [0.29, 0.717) is 6.42 Å². The van der Waals surface area contributed by atoms with E-state index in [1.54, 1.807) is 0 Å². The summed E-state index contributed by atoms with van der Waals surface area (Å²) in [7, 11) is 0. The number of H-pyrrole nitrogens is 1. The van der Waals surface area contributed by atoms with E-state index in [1.807, 2.05) is 6.92 Å². The average Bonchev–Trinajstić information content (AvgIpc) is 3.18. The number of aromatic nitrogens is 3. The molecule has 1 aromatic carbocycles. The molecule has 1 aliphatic heterocycles. The molecule has 0 amide bonds. The number of fused-ring (bicyclic) bond motifs is 2. The lowest BCUT2D eigenvalue weighted by Crippen LogP contribution is -2.25. The molecule has 0 saturated heterocycles. The molecule has 1 aliphatic rings. The van der Waals surface area contributed by atoms with Crippen LogP contribution in [0.2, 0.25) is 0 Å². The van der Waals surface area contributed by atoms with Gasteiger partial charge in [0.2, 0.25) is 0 Å². The van der Waals surface area contributed by atoms with Crippen LogP contribution >= 0.6 is 0 Å². The highest BCUT2D eigenvalue weighted by Gasteiger charge is 2.19. The van der Waals surface area contributed by atoms with Crippen LogP contribution in [0.3, 0.4) is 0 Å². The molecule has 0 aliphatic carbocycles. The highest BCUT2D eigenvalue weighted by molar-refractivity contribution is 5.83. The van der Waals surface area contributed by atoms with Crippen molar-refractivity contribution in [2.75, 3.05) is 13.1 Å². The van der Waals surface area contributed by atoms with Crippen molar-refractivity contribution in [1.82, 2.24) is 19.7 Å². The second-order valence-corrected chi connectivity index (χ2v) is 6.95. The van der Waals surface area contributed by atoms with Crippen molar-refractivity contribution in [3.8, 4) is 0 Å². The molecule has 0 bridgehead atoms. The molecule has 5 nitrogen and oxygen atoms in total. The van der Waals surface area contributed by atoms with Gasteiger partial charge in [-0.2, -0.15) is 5.10 Å².